The summed E-state index contributed by atoms with van der Waals surface area (Å²) in [6, 6.07) is 5.49. The van der Waals surface area contributed by atoms with Crippen molar-refractivity contribution >= 4 is 11.3 Å². The van der Waals surface area contributed by atoms with Crippen LogP contribution in [-0.4, -0.2) is 12.0 Å². The molecule has 1 N–H and O–H groups in total. The second kappa shape index (κ2) is 5.18. The van der Waals surface area contributed by atoms with Crippen LogP contribution in [-0.2, 0) is 6.42 Å². The lowest BCUT2D eigenvalue weighted by Gasteiger charge is -2.34. The number of aromatic nitrogens is 1. The monoisotopic (exact) mass is 304 g/mol. The van der Waals surface area contributed by atoms with E-state index in [0.717, 1.165) is 29.0 Å². The number of hydrogen-bond acceptors (Lipinski definition) is 3. The topological polar surface area (TPSA) is 24.9 Å². The lowest BCUT2D eigenvalue weighted by molar-refractivity contribution is 0.265. The van der Waals surface area contributed by atoms with Gasteiger partial charge in [-0.25, -0.2) is 9.37 Å². The lowest BCUT2D eigenvalue weighted by atomic mass is 9.76. The van der Waals surface area contributed by atoms with E-state index in [1.54, 1.807) is 23.5 Å². The predicted molar refractivity (Wildman–Crippen MR) is 86.1 cm³/mol. The summed E-state index contributed by atoms with van der Waals surface area (Å²) >= 11 is 1.70. The molecule has 1 atom stereocenters. The smallest absolute Gasteiger partial charge is 0.124 e. The third-order valence-electron chi connectivity index (χ3n) is 4.08. The number of nitrogens with one attached hydrogen (secondary N) is 1. The minimum atomic E-state index is -0.191. The van der Waals surface area contributed by atoms with E-state index in [9.17, 15) is 4.39 Å². The molecule has 2 aromatic rings. The first-order chi connectivity index (χ1) is 9.88. The molecule has 0 saturated heterocycles. The van der Waals surface area contributed by atoms with Gasteiger partial charge in [-0.15, -0.1) is 11.3 Å². The van der Waals surface area contributed by atoms with Gasteiger partial charge in [0.25, 0.3) is 0 Å². The van der Waals surface area contributed by atoms with E-state index in [-0.39, 0.29) is 11.2 Å². The van der Waals surface area contributed by atoms with Gasteiger partial charge in [0.05, 0.1) is 5.69 Å². The molecule has 0 saturated carbocycles. The van der Waals surface area contributed by atoms with Gasteiger partial charge >= 0.3 is 0 Å². The summed E-state index contributed by atoms with van der Waals surface area (Å²) in [5, 5.41) is 4.33. The van der Waals surface area contributed by atoms with Gasteiger partial charge in [-0.2, -0.15) is 0 Å². The van der Waals surface area contributed by atoms with Gasteiger partial charge < -0.3 is 5.32 Å². The van der Waals surface area contributed by atoms with Gasteiger partial charge in [-0.3, -0.25) is 0 Å². The van der Waals surface area contributed by atoms with Gasteiger partial charge in [0.1, 0.15) is 10.8 Å². The molecule has 4 heteroatoms. The Morgan fingerprint density at radius 3 is 2.76 bits per heavy atom. The summed E-state index contributed by atoms with van der Waals surface area (Å²) in [4.78, 5) is 6.12. The molecule has 1 aliphatic carbocycles. The molecule has 0 radical (unpaired) electrons. The van der Waals surface area contributed by atoms with E-state index >= 15 is 0 Å². The number of fused-ring (bicyclic) bond motifs is 1. The van der Waals surface area contributed by atoms with Crippen LogP contribution in [0.2, 0.25) is 0 Å². The molecular formula is C17H21FN2S. The van der Waals surface area contributed by atoms with Crippen LogP contribution in [0.1, 0.15) is 42.4 Å². The molecule has 112 valence electrons. The summed E-state index contributed by atoms with van der Waals surface area (Å²) < 4.78 is 13.6. The van der Waals surface area contributed by atoms with Crippen molar-refractivity contribution in [1.29, 1.82) is 0 Å². The van der Waals surface area contributed by atoms with E-state index in [2.05, 4.69) is 19.2 Å². The zero-order chi connectivity index (χ0) is 15.2. The van der Waals surface area contributed by atoms with E-state index in [1.807, 2.05) is 20.0 Å². The number of rotatable bonds is 2. The maximum Gasteiger partial charge on any atom is 0.124 e. The zero-order valence-corrected chi connectivity index (χ0v) is 13.8. The number of halogens is 1. The third kappa shape index (κ3) is 2.87. The van der Waals surface area contributed by atoms with Crippen molar-refractivity contribution in [3.63, 3.8) is 0 Å². The van der Waals surface area contributed by atoms with Gasteiger partial charge in [0, 0.05) is 16.5 Å². The van der Waals surface area contributed by atoms with Crippen molar-refractivity contribution in [2.75, 3.05) is 7.05 Å². The number of benzene rings is 1. The van der Waals surface area contributed by atoms with Crippen LogP contribution >= 0.6 is 11.3 Å². The van der Waals surface area contributed by atoms with Crippen LogP contribution in [0, 0.1) is 18.2 Å². The third-order valence-corrected chi connectivity index (χ3v) is 5.34. The average molecular weight is 304 g/mol. The van der Waals surface area contributed by atoms with Crippen LogP contribution in [0.5, 0.6) is 0 Å². The first kappa shape index (κ1) is 14.7. The second-order valence-electron chi connectivity index (χ2n) is 6.73. The molecule has 0 amide bonds. The molecule has 3 rings (SSSR count). The molecule has 1 heterocycles. The highest BCUT2D eigenvalue weighted by Gasteiger charge is 2.34. The maximum atomic E-state index is 13.6. The minimum absolute atomic E-state index is 0.191. The predicted octanol–water partition coefficient (Wildman–Crippen LogP) is 4.49. The minimum Gasteiger partial charge on any atom is -0.312 e. The molecule has 0 fully saturated rings. The van der Waals surface area contributed by atoms with Crippen molar-refractivity contribution in [3.8, 4) is 10.6 Å². The Morgan fingerprint density at radius 2 is 2.10 bits per heavy atom. The average Bonchev–Trinajstić information content (AvgIpc) is 2.78. The van der Waals surface area contributed by atoms with Gasteiger partial charge in [0.2, 0.25) is 0 Å². The SMILES string of the molecule is CNC1CC(C)(C)Cc2nc(-c3cc(C)cc(F)c3)sc21. The normalized spacial score (nSPS) is 20.3. The highest BCUT2D eigenvalue weighted by molar-refractivity contribution is 7.15. The van der Waals surface area contributed by atoms with E-state index in [4.69, 9.17) is 4.98 Å². The Labute approximate surface area is 129 Å². The highest BCUT2D eigenvalue weighted by Crippen LogP contribution is 2.44. The summed E-state index contributed by atoms with van der Waals surface area (Å²) in [6.45, 7) is 6.48. The molecule has 21 heavy (non-hydrogen) atoms. The second-order valence-corrected chi connectivity index (χ2v) is 7.76. The van der Waals surface area contributed by atoms with Crippen LogP contribution in [0.3, 0.4) is 0 Å². The summed E-state index contributed by atoms with van der Waals surface area (Å²) in [5.74, 6) is -0.191. The van der Waals surface area contributed by atoms with Crippen molar-refractivity contribution in [1.82, 2.24) is 10.3 Å². The maximum absolute atomic E-state index is 13.6. The van der Waals surface area contributed by atoms with Crippen LogP contribution in [0.4, 0.5) is 4.39 Å². The van der Waals surface area contributed by atoms with Crippen molar-refractivity contribution in [3.05, 3.63) is 40.2 Å². The Bertz CT molecular complexity index is 655. The molecule has 1 unspecified atom stereocenters. The fraction of sp³-hybridized carbons (Fsp3) is 0.471. The van der Waals surface area contributed by atoms with Crippen LogP contribution in [0.15, 0.2) is 18.2 Å². The van der Waals surface area contributed by atoms with E-state index in [1.165, 1.54) is 10.6 Å². The van der Waals surface area contributed by atoms with Crippen molar-refractivity contribution < 1.29 is 4.39 Å². The molecular weight excluding hydrogens is 283 g/mol. The molecule has 1 aliphatic rings. The number of hydrogen-bond donors (Lipinski definition) is 1. The number of aryl methyl sites for hydroxylation is 1. The lowest BCUT2D eigenvalue weighted by Crippen LogP contribution is -2.30. The van der Waals surface area contributed by atoms with Crippen LogP contribution < -0.4 is 5.32 Å². The van der Waals surface area contributed by atoms with E-state index < -0.39 is 0 Å². The first-order valence-electron chi connectivity index (χ1n) is 7.32. The zero-order valence-electron chi connectivity index (χ0n) is 13.0. The van der Waals surface area contributed by atoms with Gasteiger partial charge in [0.15, 0.2) is 0 Å². The molecule has 1 aromatic heterocycles. The highest BCUT2D eigenvalue weighted by atomic mass is 32.1. The first-order valence-corrected chi connectivity index (χ1v) is 8.14. The van der Waals surface area contributed by atoms with Crippen LogP contribution in [0.25, 0.3) is 10.6 Å². The molecule has 0 bridgehead atoms. The Morgan fingerprint density at radius 1 is 1.33 bits per heavy atom. The van der Waals surface area contributed by atoms with Gasteiger partial charge in [-0.05, 0) is 56.0 Å². The summed E-state index contributed by atoms with van der Waals surface area (Å²) in [6.07, 6.45) is 2.10. The standard InChI is InChI=1S/C17H21FN2S/c1-10-5-11(7-12(18)6-10)16-20-14-9-17(2,3)8-13(19-4)15(14)21-16/h5-7,13,19H,8-9H2,1-4H3. The molecule has 0 aliphatic heterocycles. The fourth-order valence-electron chi connectivity index (χ4n) is 3.15. The summed E-state index contributed by atoms with van der Waals surface area (Å²) in [7, 11) is 2.00. The Kier molecular flexibility index (Phi) is 3.62. The summed E-state index contributed by atoms with van der Waals surface area (Å²) in [5.41, 5.74) is 3.25. The number of thiazole rings is 1. The fourth-order valence-corrected chi connectivity index (χ4v) is 4.33. The largest absolute Gasteiger partial charge is 0.312 e. The van der Waals surface area contributed by atoms with Gasteiger partial charge in [-0.1, -0.05) is 13.8 Å². The molecule has 0 spiro atoms. The van der Waals surface area contributed by atoms with Crippen molar-refractivity contribution in [2.24, 2.45) is 5.41 Å². The van der Waals surface area contributed by atoms with E-state index in [0.29, 0.717) is 6.04 Å². The molecule has 1 aromatic carbocycles. The quantitative estimate of drug-likeness (QED) is 0.884. The number of nitrogens with zero attached hydrogens (tertiary/aromatic N) is 1. The Balaban J connectivity index is 2.06. The Hall–Kier alpha value is -1.26. The molecule has 2 nitrogen and oxygen atoms in total. The van der Waals surface area contributed by atoms with Crippen molar-refractivity contribution in [2.45, 2.75) is 39.7 Å².